The number of hydrogen-bond acceptors (Lipinski definition) is 5. The van der Waals surface area contributed by atoms with Gasteiger partial charge in [-0.3, -0.25) is 4.79 Å². The smallest absolute Gasteiger partial charge is 0.241 e. The van der Waals surface area contributed by atoms with Crippen molar-refractivity contribution in [3.63, 3.8) is 0 Å². The van der Waals surface area contributed by atoms with Gasteiger partial charge in [0.25, 0.3) is 0 Å². The van der Waals surface area contributed by atoms with Crippen molar-refractivity contribution in [2.75, 3.05) is 37.3 Å². The van der Waals surface area contributed by atoms with Crippen LogP contribution in [0, 0.1) is 0 Å². The second-order valence-corrected chi connectivity index (χ2v) is 6.04. The van der Waals surface area contributed by atoms with E-state index in [1.807, 2.05) is 0 Å². The average Bonchev–Trinajstić information content (AvgIpc) is 2.32. The summed E-state index contributed by atoms with van der Waals surface area (Å²) in [6, 6.07) is 4.48. The summed E-state index contributed by atoms with van der Waals surface area (Å²) in [6.45, 7) is 1.21. The third-order valence-electron chi connectivity index (χ3n) is 3.09. The number of nitrogens with two attached hydrogens (primary N) is 2. The first-order chi connectivity index (χ1) is 8.79. The number of benzene rings is 1. The molecule has 1 fully saturated rings. The molecule has 1 aromatic carbocycles. The fourth-order valence-corrected chi connectivity index (χ4v) is 2.77. The van der Waals surface area contributed by atoms with Gasteiger partial charge in [0.1, 0.15) is 4.90 Å². The van der Waals surface area contributed by atoms with Crippen LogP contribution >= 0.6 is 0 Å². The van der Waals surface area contributed by atoms with Gasteiger partial charge in [-0.1, -0.05) is 0 Å². The largest absolute Gasteiger partial charge is 0.399 e. The fourth-order valence-electron chi connectivity index (χ4n) is 1.98. The lowest BCUT2D eigenvalue weighted by Crippen LogP contribution is -2.49. The van der Waals surface area contributed by atoms with Crippen LogP contribution in [0.3, 0.4) is 0 Å². The zero-order chi connectivity index (χ0) is 14.2. The molecule has 0 aromatic heterocycles. The van der Waals surface area contributed by atoms with E-state index in [2.05, 4.69) is 0 Å². The van der Waals surface area contributed by atoms with Gasteiger partial charge in [-0.05, 0) is 18.2 Å². The molecular weight excluding hydrogens is 268 g/mol. The highest BCUT2D eigenvalue weighted by atomic mass is 32.2. The minimum atomic E-state index is -3.88. The van der Waals surface area contributed by atoms with Gasteiger partial charge in [0.2, 0.25) is 15.9 Å². The molecule has 8 heteroatoms. The van der Waals surface area contributed by atoms with Crippen LogP contribution in [-0.4, -0.2) is 45.9 Å². The Hall–Kier alpha value is -1.80. The fraction of sp³-hybridized carbons (Fsp3) is 0.364. The highest BCUT2D eigenvalue weighted by molar-refractivity contribution is 7.89. The molecule has 19 heavy (non-hydrogen) atoms. The van der Waals surface area contributed by atoms with E-state index in [1.54, 1.807) is 29.0 Å². The van der Waals surface area contributed by atoms with Crippen LogP contribution in [0.1, 0.15) is 0 Å². The summed E-state index contributed by atoms with van der Waals surface area (Å²) in [5, 5.41) is 5.19. The zero-order valence-corrected chi connectivity index (χ0v) is 11.4. The Morgan fingerprint density at radius 3 is 2.53 bits per heavy atom. The Bertz CT molecular complexity index is 614. The van der Waals surface area contributed by atoms with Gasteiger partial charge < -0.3 is 15.5 Å². The van der Waals surface area contributed by atoms with Crippen molar-refractivity contribution in [2.24, 2.45) is 5.14 Å². The van der Waals surface area contributed by atoms with Gasteiger partial charge in [-0.2, -0.15) is 0 Å². The Labute approximate surface area is 111 Å². The first kappa shape index (κ1) is 13.6. The Kier molecular flexibility index (Phi) is 3.38. The van der Waals surface area contributed by atoms with Crippen molar-refractivity contribution in [2.45, 2.75) is 4.90 Å². The monoisotopic (exact) mass is 284 g/mol. The predicted molar refractivity (Wildman–Crippen MR) is 72.1 cm³/mol. The summed E-state index contributed by atoms with van der Waals surface area (Å²) < 4.78 is 23.2. The molecule has 0 atom stereocenters. The second-order valence-electron chi connectivity index (χ2n) is 4.51. The summed E-state index contributed by atoms with van der Waals surface area (Å²) >= 11 is 0. The van der Waals surface area contributed by atoms with E-state index in [9.17, 15) is 13.2 Å². The van der Waals surface area contributed by atoms with E-state index in [4.69, 9.17) is 10.9 Å². The molecule has 1 heterocycles. The second kappa shape index (κ2) is 4.71. The number of likely N-dealkylation sites (N-methyl/N-ethyl adjacent to an activating group) is 1. The van der Waals surface area contributed by atoms with Gasteiger partial charge in [-0.15, -0.1) is 0 Å². The van der Waals surface area contributed by atoms with E-state index in [-0.39, 0.29) is 17.3 Å². The van der Waals surface area contributed by atoms with Crippen molar-refractivity contribution < 1.29 is 13.2 Å². The first-order valence-electron chi connectivity index (χ1n) is 5.70. The van der Waals surface area contributed by atoms with Crippen LogP contribution in [-0.2, 0) is 14.8 Å². The summed E-state index contributed by atoms with van der Waals surface area (Å²) in [6.07, 6.45) is 0. The maximum Gasteiger partial charge on any atom is 0.241 e. The minimum absolute atomic E-state index is 0.0511. The van der Waals surface area contributed by atoms with E-state index in [1.165, 1.54) is 6.07 Å². The number of sulfonamides is 1. The molecule has 7 nitrogen and oxygen atoms in total. The van der Waals surface area contributed by atoms with Crippen LogP contribution in [0.4, 0.5) is 11.4 Å². The highest BCUT2D eigenvalue weighted by Gasteiger charge is 2.25. The SMILES string of the molecule is CN1CCN(c2ccc(N)cc2S(N)(=O)=O)CC1=O. The third-order valence-corrected chi connectivity index (χ3v) is 4.03. The molecule has 1 amide bonds. The normalized spacial score (nSPS) is 16.8. The Morgan fingerprint density at radius 1 is 1.26 bits per heavy atom. The summed E-state index contributed by atoms with van der Waals surface area (Å²) in [5.74, 6) is -0.0663. The quantitative estimate of drug-likeness (QED) is 0.691. The van der Waals surface area contributed by atoms with E-state index < -0.39 is 10.0 Å². The molecule has 1 saturated heterocycles. The predicted octanol–water partition coefficient (Wildman–Crippen LogP) is -0.805. The first-order valence-corrected chi connectivity index (χ1v) is 7.25. The van der Waals surface area contributed by atoms with Crippen molar-refractivity contribution in [3.8, 4) is 0 Å². The molecule has 4 N–H and O–H groups in total. The Morgan fingerprint density at radius 2 is 1.95 bits per heavy atom. The number of rotatable bonds is 2. The maximum absolute atomic E-state index is 11.7. The molecule has 2 rings (SSSR count). The molecule has 0 unspecified atom stereocenters. The lowest BCUT2D eigenvalue weighted by atomic mass is 10.2. The number of carbonyl (C=O) groups excluding carboxylic acids is 1. The zero-order valence-electron chi connectivity index (χ0n) is 10.5. The molecular formula is C11H16N4O3S. The van der Waals surface area contributed by atoms with Gasteiger partial charge in [0.15, 0.2) is 0 Å². The molecule has 0 aliphatic carbocycles. The number of piperazine rings is 1. The highest BCUT2D eigenvalue weighted by Crippen LogP contribution is 2.27. The van der Waals surface area contributed by atoms with Gasteiger partial charge in [-0.25, -0.2) is 13.6 Å². The number of amides is 1. The van der Waals surface area contributed by atoms with E-state index in [0.717, 1.165) is 0 Å². The van der Waals surface area contributed by atoms with Crippen LogP contribution in [0.5, 0.6) is 0 Å². The summed E-state index contributed by atoms with van der Waals surface area (Å²) in [4.78, 5) is 14.9. The molecule has 0 spiro atoms. The van der Waals surface area contributed by atoms with Crippen LogP contribution in [0.25, 0.3) is 0 Å². The van der Waals surface area contributed by atoms with Crippen LogP contribution < -0.4 is 15.8 Å². The molecule has 0 radical (unpaired) electrons. The maximum atomic E-state index is 11.7. The molecule has 1 aliphatic rings. The van der Waals surface area contributed by atoms with Gasteiger partial charge in [0.05, 0.1) is 12.2 Å². The number of nitrogen functional groups attached to an aromatic ring is 1. The molecule has 0 bridgehead atoms. The van der Waals surface area contributed by atoms with Crippen molar-refractivity contribution in [1.82, 2.24) is 4.90 Å². The van der Waals surface area contributed by atoms with Gasteiger partial charge in [0, 0.05) is 25.8 Å². The minimum Gasteiger partial charge on any atom is -0.399 e. The van der Waals surface area contributed by atoms with E-state index >= 15 is 0 Å². The third kappa shape index (κ3) is 2.79. The van der Waals surface area contributed by atoms with Crippen molar-refractivity contribution >= 4 is 27.3 Å². The topological polar surface area (TPSA) is 110 Å². The van der Waals surface area contributed by atoms with Crippen molar-refractivity contribution in [1.29, 1.82) is 0 Å². The number of carbonyl (C=O) groups is 1. The number of anilines is 2. The number of hydrogen-bond donors (Lipinski definition) is 2. The average molecular weight is 284 g/mol. The number of nitrogens with zero attached hydrogens (tertiary/aromatic N) is 2. The van der Waals surface area contributed by atoms with Crippen LogP contribution in [0.2, 0.25) is 0 Å². The summed E-state index contributed by atoms with van der Waals surface area (Å²) in [5.41, 5.74) is 6.32. The summed E-state index contributed by atoms with van der Waals surface area (Å²) in [7, 11) is -2.17. The Balaban J connectivity index is 2.43. The molecule has 104 valence electrons. The molecule has 1 aromatic rings. The molecule has 0 saturated carbocycles. The lowest BCUT2D eigenvalue weighted by molar-refractivity contribution is -0.129. The molecule has 1 aliphatic heterocycles. The van der Waals surface area contributed by atoms with E-state index in [0.29, 0.717) is 24.5 Å². The standard InChI is InChI=1S/C11H16N4O3S/c1-14-4-5-15(7-11(14)16)9-3-2-8(12)6-10(9)19(13,17)18/h2-3,6H,4-5,7,12H2,1H3,(H2,13,17,18). The lowest BCUT2D eigenvalue weighted by Gasteiger charge is -2.34. The van der Waals surface area contributed by atoms with Crippen molar-refractivity contribution in [3.05, 3.63) is 18.2 Å². The van der Waals surface area contributed by atoms with Gasteiger partial charge >= 0.3 is 0 Å². The van der Waals surface area contributed by atoms with Crippen LogP contribution in [0.15, 0.2) is 23.1 Å². The number of primary sulfonamides is 1.